The molecule has 2 unspecified atom stereocenters. The maximum absolute atomic E-state index is 11.1. The molecule has 0 amide bonds. The van der Waals surface area contributed by atoms with E-state index in [9.17, 15) is 4.79 Å². The first-order chi connectivity index (χ1) is 7.22. The molecule has 0 spiro atoms. The molecule has 0 aliphatic heterocycles. The molecule has 2 heteroatoms. The van der Waals surface area contributed by atoms with Gasteiger partial charge in [-0.25, -0.2) is 0 Å². The van der Waals surface area contributed by atoms with Crippen LogP contribution in [0.1, 0.15) is 58.8 Å². The average molecular weight is 212 g/mol. The second kappa shape index (κ2) is 6.86. The minimum atomic E-state index is -0.0265. The van der Waals surface area contributed by atoms with Crippen molar-refractivity contribution in [2.75, 3.05) is 6.61 Å². The Balaban J connectivity index is 2.06. The molecule has 0 aromatic carbocycles. The van der Waals surface area contributed by atoms with Gasteiger partial charge < -0.3 is 4.74 Å². The fraction of sp³-hybridized carbons (Fsp3) is 0.923. The van der Waals surface area contributed by atoms with Gasteiger partial charge in [0.05, 0.1) is 6.61 Å². The molecule has 0 N–H and O–H groups in total. The van der Waals surface area contributed by atoms with Crippen LogP contribution in [0.15, 0.2) is 0 Å². The smallest absolute Gasteiger partial charge is 0.305 e. The van der Waals surface area contributed by atoms with E-state index < -0.39 is 0 Å². The van der Waals surface area contributed by atoms with Gasteiger partial charge in [-0.15, -0.1) is 0 Å². The van der Waals surface area contributed by atoms with Crippen LogP contribution in [0.25, 0.3) is 0 Å². The molecule has 0 saturated heterocycles. The van der Waals surface area contributed by atoms with Gasteiger partial charge in [-0.1, -0.05) is 33.1 Å². The first kappa shape index (κ1) is 12.5. The SMILES string of the molecule is CCCC(=O)OCCC1CCCC(C)C1. The van der Waals surface area contributed by atoms with E-state index in [1.807, 2.05) is 6.92 Å². The van der Waals surface area contributed by atoms with Gasteiger partial charge in [0.25, 0.3) is 0 Å². The van der Waals surface area contributed by atoms with E-state index in [1.165, 1.54) is 25.7 Å². The Morgan fingerprint density at radius 1 is 1.40 bits per heavy atom. The lowest BCUT2D eigenvalue weighted by atomic mass is 9.81. The van der Waals surface area contributed by atoms with Gasteiger partial charge in [0, 0.05) is 6.42 Å². The van der Waals surface area contributed by atoms with Crippen molar-refractivity contribution in [3.8, 4) is 0 Å². The van der Waals surface area contributed by atoms with Crippen molar-refractivity contribution in [3.05, 3.63) is 0 Å². The molecule has 1 rings (SSSR count). The minimum Gasteiger partial charge on any atom is -0.466 e. The molecule has 0 aromatic rings. The van der Waals surface area contributed by atoms with Crippen molar-refractivity contribution in [1.29, 1.82) is 0 Å². The zero-order chi connectivity index (χ0) is 11.1. The van der Waals surface area contributed by atoms with E-state index in [-0.39, 0.29) is 5.97 Å². The highest BCUT2D eigenvalue weighted by Crippen LogP contribution is 2.30. The molecule has 1 saturated carbocycles. The van der Waals surface area contributed by atoms with Crippen LogP contribution in [0.2, 0.25) is 0 Å². The highest BCUT2D eigenvalue weighted by atomic mass is 16.5. The van der Waals surface area contributed by atoms with Crippen LogP contribution in [0, 0.1) is 11.8 Å². The lowest BCUT2D eigenvalue weighted by molar-refractivity contribution is -0.144. The van der Waals surface area contributed by atoms with Crippen LogP contribution in [-0.4, -0.2) is 12.6 Å². The molecule has 15 heavy (non-hydrogen) atoms. The summed E-state index contributed by atoms with van der Waals surface area (Å²) in [5.74, 6) is 1.64. The van der Waals surface area contributed by atoms with Crippen LogP contribution >= 0.6 is 0 Å². The van der Waals surface area contributed by atoms with E-state index in [4.69, 9.17) is 4.74 Å². The van der Waals surface area contributed by atoms with Crippen LogP contribution in [0.4, 0.5) is 0 Å². The first-order valence-electron chi connectivity index (χ1n) is 6.38. The Bertz CT molecular complexity index is 189. The Hall–Kier alpha value is -0.530. The van der Waals surface area contributed by atoms with E-state index in [0.29, 0.717) is 13.0 Å². The van der Waals surface area contributed by atoms with E-state index in [2.05, 4.69) is 6.92 Å². The van der Waals surface area contributed by atoms with Gasteiger partial charge in [0.2, 0.25) is 0 Å². The highest BCUT2D eigenvalue weighted by Gasteiger charge is 2.18. The highest BCUT2D eigenvalue weighted by molar-refractivity contribution is 5.69. The zero-order valence-corrected chi connectivity index (χ0v) is 10.1. The number of carbonyl (C=O) groups is 1. The molecule has 2 nitrogen and oxygen atoms in total. The molecule has 0 radical (unpaired) electrons. The second-order valence-corrected chi connectivity index (χ2v) is 4.90. The van der Waals surface area contributed by atoms with Gasteiger partial charge in [0.15, 0.2) is 0 Å². The van der Waals surface area contributed by atoms with Gasteiger partial charge in [0.1, 0.15) is 0 Å². The molecular weight excluding hydrogens is 188 g/mol. The third-order valence-electron chi connectivity index (χ3n) is 3.29. The number of hydrogen-bond acceptors (Lipinski definition) is 2. The summed E-state index contributed by atoms with van der Waals surface area (Å²) in [6, 6.07) is 0. The molecule has 1 aliphatic rings. The summed E-state index contributed by atoms with van der Waals surface area (Å²) in [4.78, 5) is 11.1. The average Bonchev–Trinajstić information content (AvgIpc) is 2.18. The Morgan fingerprint density at radius 2 is 2.20 bits per heavy atom. The summed E-state index contributed by atoms with van der Waals surface area (Å²) in [7, 11) is 0. The second-order valence-electron chi connectivity index (χ2n) is 4.90. The molecule has 0 aromatic heterocycles. The predicted molar refractivity (Wildman–Crippen MR) is 61.6 cm³/mol. The number of rotatable bonds is 5. The number of carbonyl (C=O) groups excluding carboxylic acids is 1. The third kappa shape index (κ3) is 5.19. The summed E-state index contributed by atoms with van der Waals surface area (Å²) in [6.07, 6.45) is 7.92. The standard InChI is InChI=1S/C13H24O2/c1-3-5-13(14)15-9-8-12-7-4-6-11(2)10-12/h11-12H,3-10H2,1-2H3. The summed E-state index contributed by atoms with van der Waals surface area (Å²) in [5.41, 5.74) is 0. The van der Waals surface area contributed by atoms with E-state index in [0.717, 1.165) is 24.7 Å². The zero-order valence-electron chi connectivity index (χ0n) is 10.1. The van der Waals surface area contributed by atoms with Crippen molar-refractivity contribution in [1.82, 2.24) is 0 Å². The predicted octanol–water partition coefficient (Wildman–Crippen LogP) is 3.55. The quantitative estimate of drug-likeness (QED) is 0.651. The monoisotopic (exact) mass is 212 g/mol. The van der Waals surface area contributed by atoms with Gasteiger partial charge in [-0.2, -0.15) is 0 Å². The molecule has 2 atom stereocenters. The molecule has 88 valence electrons. The van der Waals surface area contributed by atoms with Gasteiger partial charge in [-0.3, -0.25) is 4.79 Å². The Kier molecular flexibility index (Phi) is 5.74. The maximum atomic E-state index is 11.1. The van der Waals surface area contributed by atoms with Crippen LogP contribution < -0.4 is 0 Å². The van der Waals surface area contributed by atoms with Crippen molar-refractivity contribution in [3.63, 3.8) is 0 Å². The fourth-order valence-corrected chi connectivity index (χ4v) is 2.44. The van der Waals surface area contributed by atoms with Crippen LogP contribution in [0.5, 0.6) is 0 Å². The lowest BCUT2D eigenvalue weighted by Gasteiger charge is -2.26. The Morgan fingerprint density at radius 3 is 2.87 bits per heavy atom. The molecule has 1 aliphatic carbocycles. The summed E-state index contributed by atoms with van der Waals surface area (Å²) in [5, 5.41) is 0. The third-order valence-corrected chi connectivity index (χ3v) is 3.29. The fourth-order valence-electron chi connectivity index (χ4n) is 2.44. The van der Waals surface area contributed by atoms with Gasteiger partial charge >= 0.3 is 5.97 Å². The van der Waals surface area contributed by atoms with Crippen molar-refractivity contribution < 1.29 is 9.53 Å². The summed E-state index contributed by atoms with van der Waals surface area (Å²) >= 11 is 0. The van der Waals surface area contributed by atoms with E-state index in [1.54, 1.807) is 0 Å². The van der Waals surface area contributed by atoms with Crippen molar-refractivity contribution in [2.45, 2.75) is 58.8 Å². The largest absolute Gasteiger partial charge is 0.466 e. The lowest BCUT2D eigenvalue weighted by Crippen LogP contribution is -2.16. The van der Waals surface area contributed by atoms with Crippen molar-refractivity contribution >= 4 is 5.97 Å². The van der Waals surface area contributed by atoms with E-state index >= 15 is 0 Å². The van der Waals surface area contributed by atoms with Gasteiger partial charge in [-0.05, 0) is 31.1 Å². The minimum absolute atomic E-state index is 0.0265. The number of hydrogen-bond donors (Lipinski definition) is 0. The molecule has 0 heterocycles. The van der Waals surface area contributed by atoms with Crippen LogP contribution in [0.3, 0.4) is 0 Å². The maximum Gasteiger partial charge on any atom is 0.305 e. The summed E-state index contributed by atoms with van der Waals surface area (Å²) in [6.45, 7) is 4.97. The summed E-state index contributed by atoms with van der Waals surface area (Å²) < 4.78 is 5.18. The Labute approximate surface area is 93.4 Å². The van der Waals surface area contributed by atoms with Crippen LogP contribution in [-0.2, 0) is 9.53 Å². The molecule has 1 fully saturated rings. The first-order valence-corrected chi connectivity index (χ1v) is 6.38. The number of ether oxygens (including phenoxy) is 1. The normalized spacial score (nSPS) is 26.3. The molecule has 0 bridgehead atoms. The number of esters is 1. The topological polar surface area (TPSA) is 26.3 Å². The molecular formula is C13H24O2. The van der Waals surface area contributed by atoms with Crippen molar-refractivity contribution in [2.24, 2.45) is 11.8 Å².